The number of sulfonamides is 1. The van der Waals surface area contributed by atoms with E-state index >= 15 is 0 Å². The number of aryl methyl sites for hydroxylation is 1. The molecule has 0 bridgehead atoms. The third-order valence-corrected chi connectivity index (χ3v) is 7.10. The molecule has 0 aliphatic carbocycles. The van der Waals surface area contributed by atoms with Crippen LogP contribution in [0, 0.1) is 6.92 Å². The van der Waals surface area contributed by atoms with Gasteiger partial charge in [-0.15, -0.1) is 11.3 Å². The van der Waals surface area contributed by atoms with Crippen LogP contribution in [-0.2, 0) is 16.6 Å². The smallest absolute Gasteiger partial charge is 0.244 e. The Hall–Kier alpha value is -0.430. The lowest BCUT2D eigenvalue weighted by Gasteiger charge is -2.34. The van der Waals surface area contributed by atoms with Crippen molar-refractivity contribution in [2.75, 3.05) is 6.54 Å². The van der Waals surface area contributed by atoms with Gasteiger partial charge in [-0.2, -0.15) is 4.31 Å². The van der Waals surface area contributed by atoms with E-state index < -0.39 is 10.0 Å². The van der Waals surface area contributed by atoms with E-state index in [-0.39, 0.29) is 12.6 Å². The Morgan fingerprint density at radius 2 is 2.20 bits per heavy atom. The molecule has 114 valence electrons. The van der Waals surface area contributed by atoms with Crippen molar-refractivity contribution < 1.29 is 13.5 Å². The molecule has 1 aromatic rings. The first kappa shape index (κ1) is 15.9. The molecule has 0 radical (unpaired) electrons. The van der Waals surface area contributed by atoms with Crippen LogP contribution in [0.3, 0.4) is 0 Å². The van der Waals surface area contributed by atoms with Crippen LogP contribution < -0.4 is 0 Å². The molecule has 0 aromatic carbocycles. The summed E-state index contributed by atoms with van der Waals surface area (Å²) in [6.07, 6.45) is 4.94. The monoisotopic (exact) mass is 317 g/mol. The van der Waals surface area contributed by atoms with Gasteiger partial charge in [0.25, 0.3) is 0 Å². The highest BCUT2D eigenvalue weighted by molar-refractivity contribution is 7.89. The molecule has 0 spiro atoms. The van der Waals surface area contributed by atoms with Crippen LogP contribution in [0.25, 0.3) is 0 Å². The number of thiophene rings is 1. The van der Waals surface area contributed by atoms with Crippen molar-refractivity contribution >= 4 is 21.4 Å². The van der Waals surface area contributed by atoms with Crippen molar-refractivity contribution in [3.8, 4) is 0 Å². The average molecular weight is 317 g/mol. The summed E-state index contributed by atoms with van der Waals surface area (Å²) in [5.41, 5.74) is 0. The number of hydrogen-bond acceptors (Lipinski definition) is 4. The summed E-state index contributed by atoms with van der Waals surface area (Å²) < 4.78 is 27.4. The molecular weight excluding hydrogens is 294 g/mol. The van der Waals surface area contributed by atoms with Gasteiger partial charge in [0.05, 0.1) is 11.5 Å². The average Bonchev–Trinajstić information content (AvgIpc) is 2.82. The second-order valence-corrected chi connectivity index (χ2v) is 8.55. The fraction of sp³-hybridized carbons (Fsp3) is 0.714. The van der Waals surface area contributed by atoms with Crippen LogP contribution >= 0.6 is 11.3 Å². The van der Waals surface area contributed by atoms with E-state index in [0.29, 0.717) is 16.3 Å². The van der Waals surface area contributed by atoms with Crippen LogP contribution in [0.5, 0.6) is 0 Å². The minimum absolute atomic E-state index is 0.0978. The summed E-state index contributed by atoms with van der Waals surface area (Å²) in [4.78, 5) is 1.87. The fourth-order valence-corrected chi connectivity index (χ4v) is 6.09. The number of piperidine rings is 1. The molecular formula is C14H23NO3S2. The number of aliphatic hydroxyl groups is 1. The van der Waals surface area contributed by atoms with E-state index in [1.165, 1.54) is 11.3 Å². The van der Waals surface area contributed by atoms with Crippen molar-refractivity contribution in [3.63, 3.8) is 0 Å². The zero-order valence-corrected chi connectivity index (χ0v) is 13.8. The van der Waals surface area contributed by atoms with Crippen LogP contribution in [0.1, 0.15) is 48.8 Å². The van der Waals surface area contributed by atoms with Gasteiger partial charge in [-0.05, 0) is 32.3 Å². The number of rotatable bonds is 5. The quantitative estimate of drug-likeness (QED) is 0.908. The number of hydrogen-bond donors (Lipinski definition) is 1. The van der Waals surface area contributed by atoms with E-state index in [2.05, 4.69) is 6.92 Å². The first-order valence-corrected chi connectivity index (χ1v) is 9.48. The van der Waals surface area contributed by atoms with Gasteiger partial charge in [0.1, 0.15) is 0 Å². The Balaban J connectivity index is 2.34. The minimum atomic E-state index is -3.42. The third kappa shape index (κ3) is 3.08. The minimum Gasteiger partial charge on any atom is -0.391 e. The first-order valence-electron chi connectivity index (χ1n) is 7.22. The molecule has 1 atom stereocenters. The van der Waals surface area contributed by atoms with E-state index in [9.17, 15) is 13.5 Å². The van der Waals surface area contributed by atoms with Gasteiger partial charge in [-0.3, -0.25) is 0 Å². The van der Waals surface area contributed by atoms with E-state index in [1.54, 1.807) is 10.4 Å². The van der Waals surface area contributed by atoms with Crippen LogP contribution in [0.4, 0.5) is 0 Å². The summed E-state index contributed by atoms with van der Waals surface area (Å²) in [6.45, 7) is 4.44. The van der Waals surface area contributed by atoms with Gasteiger partial charge in [-0.1, -0.05) is 19.8 Å². The fourth-order valence-electron chi connectivity index (χ4n) is 2.90. The molecule has 20 heavy (non-hydrogen) atoms. The Morgan fingerprint density at radius 1 is 1.45 bits per heavy atom. The highest BCUT2D eigenvalue weighted by Gasteiger charge is 2.34. The van der Waals surface area contributed by atoms with Crippen molar-refractivity contribution in [2.45, 2.75) is 63.5 Å². The second-order valence-electron chi connectivity index (χ2n) is 5.35. The molecule has 1 saturated heterocycles. The van der Waals surface area contributed by atoms with Gasteiger partial charge in [0.2, 0.25) is 10.0 Å². The summed E-state index contributed by atoms with van der Waals surface area (Å²) in [5, 5.41) is 9.19. The van der Waals surface area contributed by atoms with Crippen LogP contribution in [0.15, 0.2) is 11.0 Å². The molecule has 1 N–H and O–H groups in total. The maximum Gasteiger partial charge on any atom is 0.244 e. The van der Waals surface area contributed by atoms with Gasteiger partial charge in [0.15, 0.2) is 0 Å². The van der Waals surface area contributed by atoms with Gasteiger partial charge >= 0.3 is 0 Å². The second kappa shape index (κ2) is 6.56. The van der Waals surface area contributed by atoms with E-state index in [4.69, 9.17) is 0 Å². The lowest BCUT2D eigenvalue weighted by Crippen LogP contribution is -2.43. The van der Waals surface area contributed by atoms with Crippen molar-refractivity contribution in [1.29, 1.82) is 0 Å². The zero-order chi connectivity index (χ0) is 14.8. The Bertz CT molecular complexity index is 549. The predicted molar refractivity (Wildman–Crippen MR) is 81.4 cm³/mol. The lowest BCUT2D eigenvalue weighted by atomic mass is 10.0. The van der Waals surface area contributed by atoms with Gasteiger partial charge in [0, 0.05) is 22.3 Å². The highest BCUT2D eigenvalue weighted by Crippen LogP contribution is 2.32. The zero-order valence-electron chi connectivity index (χ0n) is 12.1. The maximum absolute atomic E-state index is 12.9. The molecule has 1 fully saturated rings. The Labute approximate surface area is 125 Å². The van der Waals surface area contributed by atoms with Gasteiger partial charge in [-0.25, -0.2) is 8.42 Å². The normalized spacial score (nSPS) is 21.2. The molecule has 1 aliphatic rings. The summed E-state index contributed by atoms with van der Waals surface area (Å²) in [7, 11) is -3.42. The topological polar surface area (TPSA) is 57.6 Å². The highest BCUT2D eigenvalue weighted by atomic mass is 32.2. The standard InChI is InChI=1S/C14H23NO3S2/c1-3-6-12-7-4-5-8-15(12)20(17,18)14-9-13(10-16)19-11(14)2/h9,12,16H,3-8,10H2,1-2H3. The Morgan fingerprint density at radius 3 is 2.80 bits per heavy atom. The molecule has 2 rings (SSSR count). The molecule has 2 heterocycles. The number of nitrogens with zero attached hydrogens (tertiary/aromatic N) is 1. The SMILES string of the molecule is CCCC1CCCCN1S(=O)(=O)c1cc(CO)sc1C. The van der Waals surface area contributed by atoms with Crippen LogP contribution in [0.2, 0.25) is 0 Å². The first-order chi connectivity index (χ1) is 9.50. The molecule has 0 amide bonds. The van der Waals surface area contributed by atoms with Gasteiger partial charge < -0.3 is 5.11 Å². The lowest BCUT2D eigenvalue weighted by molar-refractivity contribution is 0.239. The summed E-state index contributed by atoms with van der Waals surface area (Å²) >= 11 is 1.36. The van der Waals surface area contributed by atoms with Crippen LogP contribution in [-0.4, -0.2) is 30.4 Å². The van der Waals surface area contributed by atoms with E-state index in [0.717, 1.165) is 37.0 Å². The molecule has 1 aromatic heterocycles. The predicted octanol–water partition coefficient (Wildman–Crippen LogP) is 2.89. The summed E-state index contributed by atoms with van der Waals surface area (Å²) in [5.74, 6) is 0. The summed E-state index contributed by atoms with van der Waals surface area (Å²) in [6, 6.07) is 1.77. The maximum atomic E-state index is 12.9. The molecule has 1 unspecified atom stereocenters. The van der Waals surface area contributed by atoms with Crippen molar-refractivity contribution in [3.05, 3.63) is 15.8 Å². The van der Waals surface area contributed by atoms with Crippen molar-refractivity contribution in [1.82, 2.24) is 4.31 Å². The van der Waals surface area contributed by atoms with Crippen molar-refractivity contribution in [2.24, 2.45) is 0 Å². The Kier molecular flexibility index (Phi) is 5.23. The molecule has 4 nitrogen and oxygen atoms in total. The molecule has 6 heteroatoms. The van der Waals surface area contributed by atoms with E-state index in [1.807, 2.05) is 6.92 Å². The molecule has 1 aliphatic heterocycles. The molecule has 0 saturated carbocycles. The number of aliphatic hydroxyl groups excluding tert-OH is 1. The third-order valence-electron chi connectivity index (χ3n) is 3.86. The largest absolute Gasteiger partial charge is 0.391 e.